The number of rotatable bonds is 3. The number of fused-ring (bicyclic) bond motifs is 2. The van der Waals surface area contributed by atoms with Crippen molar-refractivity contribution < 1.29 is 14.8 Å². The van der Waals surface area contributed by atoms with Gasteiger partial charge in [-0.1, -0.05) is 29.8 Å². The van der Waals surface area contributed by atoms with Gasteiger partial charge in [0.15, 0.2) is 0 Å². The van der Waals surface area contributed by atoms with Gasteiger partial charge in [-0.15, -0.1) is 11.3 Å². The van der Waals surface area contributed by atoms with E-state index < -0.39 is 5.91 Å². The first-order chi connectivity index (χ1) is 12.5. The third-order valence-corrected chi connectivity index (χ3v) is 6.18. The maximum Gasteiger partial charge on any atom is 0.284 e. The second-order valence-electron chi connectivity index (χ2n) is 6.09. The smallest absolute Gasteiger partial charge is 0.284 e. The van der Waals surface area contributed by atoms with Crippen molar-refractivity contribution in [2.75, 3.05) is 0 Å². The summed E-state index contributed by atoms with van der Waals surface area (Å²) >= 11 is 7.82. The third-order valence-electron chi connectivity index (χ3n) is 4.63. The van der Waals surface area contributed by atoms with Crippen LogP contribution < -0.4 is 5.48 Å². The van der Waals surface area contributed by atoms with Crippen molar-refractivity contribution in [1.82, 2.24) is 14.9 Å². The fourth-order valence-electron chi connectivity index (χ4n) is 3.43. The number of halogens is 1. The van der Waals surface area contributed by atoms with Crippen LogP contribution in [0.3, 0.4) is 0 Å². The largest absolute Gasteiger partial charge is 0.335 e. The Kier molecular flexibility index (Phi) is 4.22. The first-order valence-corrected chi connectivity index (χ1v) is 9.36. The van der Waals surface area contributed by atoms with E-state index in [4.69, 9.17) is 16.8 Å². The molecule has 2 N–H and O–H groups in total. The van der Waals surface area contributed by atoms with Gasteiger partial charge >= 0.3 is 0 Å². The normalized spacial score (nSPS) is 13.3. The molecule has 6 nitrogen and oxygen atoms in total. The van der Waals surface area contributed by atoms with Crippen molar-refractivity contribution in [2.45, 2.75) is 26.6 Å². The van der Waals surface area contributed by atoms with Crippen molar-refractivity contribution in [3.63, 3.8) is 0 Å². The van der Waals surface area contributed by atoms with Crippen LogP contribution in [0.4, 0.5) is 0 Å². The SMILES string of the molecule is CCn1c(C(=O)N2Cc3cc(C(=O)NO)sc3C2)c(Cl)c2ccccc21. The number of carbonyl (C=O) groups is 2. The molecule has 0 unspecified atom stereocenters. The molecular weight excluding hydrogens is 374 g/mol. The van der Waals surface area contributed by atoms with E-state index in [1.54, 1.807) is 16.4 Å². The minimum atomic E-state index is -0.531. The molecule has 8 heteroatoms. The van der Waals surface area contributed by atoms with Gasteiger partial charge in [0.25, 0.3) is 11.8 Å². The van der Waals surface area contributed by atoms with Gasteiger partial charge in [-0.25, -0.2) is 5.48 Å². The standard InChI is InChI=1S/C18H16ClN3O3S/c1-2-22-12-6-4-3-5-11(12)15(19)16(22)18(24)21-8-10-7-13(17(23)20-25)26-14(10)9-21/h3-7,25H,2,8-9H2,1H3,(H,20,23). The second kappa shape index (κ2) is 6.42. The summed E-state index contributed by atoms with van der Waals surface area (Å²) in [6.45, 7) is 3.48. The van der Waals surface area contributed by atoms with Crippen LogP contribution in [0.1, 0.15) is 37.5 Å². The van der Waals surface area contributed by atoms with Gasteiger partial charge in [0.1, 0.15) is 5.69 Å². The Hall–Kier alpha value is -2.35. The molecule has 0 spiro atoms. The Bertz CT molecular complexity index is 1020. The maximum absolute atomic E-state index is 13.2. The van der Waals surface area contributed by atoms with E-state index >= 15 is 0 Å². The van der Waals surface area contributed by atoms with Crippen molar-refractivity contribution >= 4 is 45.7 Å². The molecule has 26 heavy (non-hydrogen) atoms. The molecule has 2 aromatic heterocycles. The number of hydroxylamine groups is 1. The minimum Gasteiger partial charge on any atom is -0.335 e. The number of nitrogens with zero attached hydrogens (tertiary/aromatic N) is 2. The Labute approximate surface area is 158 Å². The van der Waals surface area contributed by atoms with Crippen LogP contribution in [-0.2, 0) is 19.6 Å². The number of aromatic nitrogens is 1. The van der Waals surface area contributed by atoms with Gasteiger partial charge in [-0.3, -0.25) is 14.8 Å². The fourth-order valence-corrected chi connectivity index (χ4v) is 4.85. The van der Waals surface area contributed by atoms with Crippen molar-refractivity contribution in [1.29, 1.82) is 0 Å². The lowest BCUT2D eigenvalue weighted by atomic mass is 10.2. The number of amides is 2. The van der Waals surface area contributed by atoms with E-state index in [-0.39, 0.29) is 5.91 Å². The molecule has 1 aliphatic rings. The van der Waals surface area contributed by atoms with Crippen LogP contribution in [0.25, 0.3) is 10.9 Å². The predicted molar refractivity (Wildman–Crippen MR) is 99.8 cm³/mol. The van der Waals surface area contributed by atoms with Gasteiger partial charge in [0.2, 0.25) is 0 Å². The van der Waals surface area contributed by atoms with Crippen molar-refractivity contribution in [2.24, 2.45) is 0 Å². The van der Waals surface area contributed by atoms with Crippen LogP contribution >= 0.6 is 22.9 Å². The first-order valence-electron chi connectivity index (χ1n) is 8.17. The van der Waals surface area contributed by atoms with Crippen molar-refractivity contribution in [3.8, 4) is 0 Å². The van der Waals surface area contributed by atoms with E-state index in [0.717, 1.165) is 21.3 Å². The Balaban J connectivity index is 1.67. The lowest BCUT2D eigenvalue weighted by molar-refractivity contribution is 0.0711. The molecule has 0 aliphatic carbocycles. The summed E-state index contributed by atoms with van der Waals surface area (Å²) in [5.74, 6) is -0.652. The maximum atomic E-state index is 13.2. The number of thiophene rings is 1. The van der Waals surface area contributed by atoms with Crippen LogP contribution in [0, 0.1) is 0 Å². The van der Waals surface area contributed by atoms with Gasteiger partial charge in [0.05, 0.1) is 22.0 Å². The van der Waals surface area contributed by atoms with Crippen LogP contribution in [0.15, 0.2) is 30.3 Å². The zero-order valence-electron chi connectivity index (χ0n) is 14.0. The van der Waals surface area contributed by atoms with Crippen LogP contribution in [-0.4, -0.2) is 26.5 Å². The average Bonchev–Trinajstić information content (AvgIpc) is 3.30. The number of hydrogen-bond acceptors (Lipinski definition) is 4. The third kappa shape index (κ3) is 2.51. The van der Waals surface area contributed by atoms with Gasteiger partial charge in [-0.05, 0) is 24.6 Å². The Morgan fingerprint density at radius 2 is 2.08 bits per heavy atom. The highest BCUT2D eigenvalue weighted by molar-refractivity contribution is 7.14. The molecule has 0 saturated heterocycles. The summed E-state index contributed by atoms with van der Waals surface area (Å²) in [6.07, 6.45) is 0. The van der Waals surface area contributed by atoms with E-state index in [1.165, 1.54) is 11.3 Å². The number of carbonyl (C=O) groups excluding carboxylic acids is 2. The zero-order valence-corrected chi connectivity index (χ0v) is 15.5. The molecule has 2 amide bonds. The molecule has 1 aromatic carbocycles. The van der Waals surface area contributed by atoms with E-state index in [9.17, 15) is 9.59 Å². The van der Waals surface area contributed by atoms with Gasteiger partial charge < -0.3 is 9.47 Å². The molecule has 4 rings (SSSR count). The van der Waals surface area contributed by atoms with Crippen molar-refractivity contribution in [3.05, 3.63) is 56.4 Å². The Morgan fingerprint density at radius 1 is 1.31 bits per heavy atom. The predicted octanol–water partition coefficient (Wildman–Crippen LogP) is 3.65. The summed E-state index contributed by atoms with van der Waals surface area (Å²) in [5.41, 5.74) is 4.01. The number of nitrogens with one attached hydrogen (secondary N) is 1. The number of benzene rings is 1. The second-order valence-corrected chi connectivity index (χ2v) is 7.60. The van der Waals surface area contributed by atoms with Crippen LogP contribution in [0.2, 0.25) is 5.02 Å². The van der Waals surface area contributed by atoms with Gasteiger partial charge in [0, 0.05) is 23.4 Å². The lowest BCUT2D eigenvalue weighted by Crippen LogP contribution is -2.28. The first kappa shape index (κ1) is 17.1. The van der Waals surface area contributed by atoms with E-state index in [1.807, 2.05) is 35.8 Å². The highest BCUT2D eigenvalue weighted by Crippen LogP contribution is 2.35. The summed E-state index contributed by atoms with van der Waals surface area (Å²) in [6, 6.07) is 9.43. The van der Waals surface area contributed by atoms with E-state index in [0.29, 0.717) is 35.2 Å². The highest BCUT2D eigenvalue weighted by atomic mass is 35.5. The number of para-hydroxylation sites is 1. The molecule has 0 fully saturated rings. The minimum absolute atomic E-state index is 0.121. The average molecular weight is 390 g/mol. The summed E-state index contributed by atoms with van der Waals surface area (Å²) in [7, 11) is 0. The molecular formula is C18H16ClN3O3S. The molecule has 1 aliphatic heterocycles. The summed E-state index contributed by atoms with van der Waals surface area (Å²) < 4.78 is 1.94. The topological polar surface area (TPSA) is 74.6 Å². The van der Waals surface area contributed by atoms with Gasteiger partial charge in [-0.2, -0.15) is 0 Å². The molecule has 3 heterocycles. The monoisotopic (exact) mass is 389 g/mol. The highest BCUT2D eigenvalue weighted by Gasteiger charge is 2.31. The molecule has 0 radical (unpaired) electrons. The number of aryl methyl sites for hydroxylation is 1. The Morgan fingerprint density at radius 3 is 2.77 bits per heavy atom. The molecule has 0 saturated carbocycles. The summed E-state index contributed by atoms with van der Waals surface area (Å²) in [5, 5.41) is 10.1. The van der Waals surface area contributed by atoms with E-state index in [2.05, 4.69) is 0 Å². The molecule has 0 bridgehead atoms. The van der Waals surface area contributed by atoms with Crippen LogP contribution in [0.5, 0.6) is 0 Å². The number of hydrogen-bond donors (Lipinski definition) is 2. The quantitative estimate of drug-likeness (QED) is 0.530. The molecule has 134 valence electrons. The molecule has 3 aromatic rings. The fraction of sp³-hybridized carbons (Fsp3) is 0.222. The summed E-state index contributed by atoms with van der Waals surface area (Å²) in [4.78, 5) is 27.8. The molecule has 0 atom stereocenters. The lowest BCUT2D eigenvalue weighted by Gasteiger charge is -2.17. The zero-order chi connectivity index (χ0) is 18.4.